The number of carbonyl (C=O) groups is 3. The van der Waals surface area contributed by atoms with Crippen LogP contribution in [0.4, 0.5) is 5.69 Å². The largest absolute Gasteiger partial charge is 0.296 e. The van der Waals surface area contributed by atoms with Crippen LogP contribution in [0.3, 0.4) is 0 Å². The van der Waals surface area contributed by atoms with Crippen molar-refractivity contribution in [2.45, 2.75) is 6.04 Å². The van der Waals surface area contributed by atoms with Gasteiger partial charge in [-0.1, -0.05) is 18.2 Å². The van der Waals surface area contributed by atoms with Gasteiger partial charge in [0.1, 0.15) is 17.7 Å². The van der Waals surface area contributed by atoms with Gasteiger partial charge in [0.05, 0.1) is 5.69 Å². The van der Waals surface area contributed by atoms with Crippen molar-refractivity contribution in [1.29, 1.82) is 0 Å². The van der Waals surface area contributed by atoms with Gasteiger partial charge in [0.15, 0.2) is 0 Å². The molecule has 1 saturated heterocycles. The van der Waals surface area contributed by atoms with Crippen molar-refractivity contribution in [3.05, 3.63) is 60.4 Å². The topological polar surface area (TPSA) is 91.7 Å². The van der Waals surface area contributed by atoms with E-state index in [2.05, 4.69) is 15.5 Å². The fraction of sp³-hybridized carbons (Fsp3) is 0.118. The Hall–Kier alpha value is -3.35. The first-order valence-corrected chi connectivity index (χ1v) is 7.39. The van der Waals surface area contributed by atoms with Gasteiger partial charge in [0.25, 0.3) is 5.91 Å². The number of carbonyl (C=O) groups excluding carboxylic acids is 3. The van der Waals surface area contributed by atoms with Gasteiger partial charge in [0, 0.05) is 18.0 Å². The summed E-state index contributed by atoms with van der Waals surface area (Å²) >= 11 is 0. The number of benzene rings is 1. The van der Waals surface area contributed by atoms with Crippen LogP contribution in [-0.4, -0.2) is 34.3 Å². The molecule has 118 valence electrons. The first kappa shape index (κ1) is 14.3. The van der Waals surface area contributed by atoms with Crippen LogP contribution in [-0.2, 0) is 9.59 Å². The van der Waals surface area contributed by atoms with Crippen LogP contribution >= 0.6 is 0 Å². The zero-order valence-corrected chi connectivity index (χ0v) is 12.4. The molecule has 0 bridgehead atoms. The molecule has 0 aliphatic carbocycles. The standard InChI is InChI=1S/C17H12N4O3/c22-15(10-5-4-8-18-9-10)13-12-14(20-19-13)17(24)21(16(12)23)11-6-2-1-3-7-11/h1-9,12,14,20H/t12-,14+/m1/s1. The highest BCUT2D eigenvalue weighted by atomic mass is 16.2. The quantitative estimate of drug-likeness (QED) is 0.666. The molecule has 1 fully saturated rings. The van der Waals surface area contributed by atoms with Crippen molar-refractivity contribution in [3.8, 4) is 0 Å². The summed E-state index contributed by atoms with van der Waals surface area (Å²) in [5.41, 5.74) is 3.49. The smallest absolute Gasteiger partial charge is 0.259 e. The van der Waals surface area contributed by atoms with Crippen molar-refractivity contribution < 1.29 is 14.4 Å². The van der Waals surface area contributed by atoms with Crippen LogP contribution in [0.5, 0.6) is 0 Å². The minimum absolute atomic E-state index is 0.0461. The minimum Gasteiger partial charge on any atom is -0.296 e. The number of hydrazone groups is 1. The highest BCUT2D eigenvalue weighted by molar-refractivity contribution is 6.52. The fourth-order valence-electron chi connectivity index (χ4n) is 2.95. The lowest BCUT2D eigenvalue weighted by molar-refractivity contribution is -0.122. The molecule has 0 radical (unpaired) electrons. The van der Waals surface area contributed by atoms with Crippen molar-refractivity contribution in [2.24, 2.45) is 11.0 Å². The van der Waals surface area contributed by atoms with Crippen LogP contribution < -0.4 is 10.3 Å². The fourth-order valence-corrected chi connectivity index (χ4v) is 2.95. The molecule has 2 atom stereocenters. The minimum atomic E-state index is -0.912. The summed E-state index contributed by atoms with van der Waals surface area (Å²) in [7, 11) is 0. The molecule has 1 aromatic carbocycles. The van der Waals surface area contributed by atoms with Gasteiger partial charge in [0.2, 0.25) is 11.7 Å². The maximum atomic E-state index is 12.8. The number of aromatic nitrogens is 1. The molecule has 0 spiro atoms. The molecule has 0 unspecified atom stereocenters. The second-order valence-electron chi connectivity index (χ2n) is 5.50. The molecular weight excluding hydrogens is 308 g/mol. The van der Waals surface area contributed by atoms with Gasteiger partial charge in [-0.05, 0) is 24.3 Å². The summed E-state index contributed by atoms with van der Waals surface area (Å²) in [5.74, 6) is -2.17. The third-order valence-corrected chi connectivity index (χ3v) is 4.10. The summed E-state index contributed by atoms with van der Waals surface area (Å²) < 4.78 is 0. The van der Waals surface area contributed by atoms with Gasteiger partial charge < -0.3 is 0 Å². The Bertz CT molecular complexity index is 864. The zero-order valence-electron chi connectivity index (χ0n) is 12.4. The predicted molar refractivity (Wildman–Crippen MR) is 85.4 cm³/mol. The van der Waals surface area contributed by atoms with E-state index in [1.807, 2.05) is 0 Å². The van der Waals surface area contributed by atoms with Crippen molar-refractivity contribution >= 4 is 29.0 Å². The van der Waals surface area contributed by atoms with Gasteiger partial charge >= 0.3 is 0 Å². The molecule has 0 saturated carbocycles. The number of amides is 2. The van der Waals surface area contributed by atoms with Crippen LogP contribution in [0.1, 0.15) is 10.4 Å². The molecule has 2 amide bonds. The number of ketones is 1. The van der Waals surface area contributed by atoms with Gasteiger partial charge in [-0.15, -0.1) is 0 Å². The number of nitrogens with zero attached hydrogens (tertiary/aromatic N) is 3. The lowest BCUT2D eigenvalue weighted by Gasteiger charge is -2.15. The summed E-state index contributed by atoms with van der Waals surface area (Å²) in [4.78, 5) is 42.9. The molecule has 24 heavy (non-hydrogen) atoms. The number of rotatable bonds is 3. The molecule has 2 aromatic rings. The van der Waals surface area contributed by atoms with Gasteiger partial charge in [-0.3, -0.25) is 24.8 Å². The Balaban J connectivity index is 1.68. The number of anilines is 1. The second-order valence-corrected chi connectivity index (χ2v) is 5.50. The Labute approximate surface area is 137 Å². The number of Topliss-reactive ketones (excluding diaryl/α,β-unsaturated/α-hetero) is 1. The van der Waals surface area contributed by atoms with Crippen LogP contribution in [0.2, 0.25) is 0 Å². The molecule has 7 nitrogen and oxygen atoms in total. The Morgan fingerprint density at radius 3 is 2.54 bits per heavy atom. The molecule has 4 rings (SSSR count). The first-order chi connectivity index (χ1) is 11.7. The molecule has 7 heteroatoms. The Kier molecular flexibility index (Phi) is 3.19. The van der Waals surface area contributed by atoms with E-state index in [-0.39, 0.29) is 5.71 Å². The van der Waals surface area contributed by atoms with Crippen molar-refractivity contribution in [1.82, 2.24) is 10.4 Å². The van der Waals surface area contributed by atoms with Crippen molar-refractivity contribution in [3.63, 3.8) is 0 Å². The summed E-state index contributed by atoms with van der Waals surface area (Å²) in [6.07, 6.45) is 2.96. The third-order valence-electron chi connectivity index (χ3n) is 4.10. The maximum Gasteiger partial charge on any atom is 0.259 e. The average Bonchev–Trinajstić information content (AvgIpc) is 3.17. The van der Waals surface area contributed by atoms with Crippen molar-refractivity contribution in [2.75, 3.05) is 4.90 Å². The molecular formula is C17H12N4O3. The maximum absolute atomic E-state index is 12.8. The third kappa shape index (κ3) is 2.02. The highest BCUT2D eigenvalue weighted by Gasteiger charge is 2.55. The number of imide groups is 1. The Morgan fingerprint density at radius 1 is 1.04 bits per heavy atom. The molecule has 2 aliphatic rings. The van der Waals surface area contributed by atoms with Crippen LogP contribution in [0, 0.1) is 5.92 Å². The van der Waals surface area contributed by atoms with E-state index in [1.165, 1.54) is 6.20 Å². The summed E-state index contributed by atoms with van der Waals surface area (Å²) in [6.45, 7) is 0. The lowest BCUT2D eigenvalue weighted by Crippen LogP contribution is -2.36. The zero-order chi connectivity index (χ0) is 16.7. The first-order valence-electron chi connectivity index (χ1n) is 7.39. The summed E-state index contributed by atoms with van der Waals surface area (Å²) in [5, 5.41) is 3.95. The summed E-state index contributed by atoms with van der Waals surface area (Å²) in [6, 6.07) is 11.0. The number of hydrogen-bond acceptors (Lipinski definition) is 6. The number of hydrogen-bond donors (Lipinski definition) is 1. The highest BCUT2D eigenvalue weighted by Crippen LogP contribution is 2.31. The van der Waals surface area contributed by atoms with E-state index in [4.69, 9.17) is 0 Å². The van der Waals surface area contributed by atoms with E-state index < -0.39 is 29.6 Å². The second kappa shape index (κ2) is 5.38. The van der Waals surface area contributed by atoms with E-state index in [1.54, 1.807) is 48.7 Å². The molecule has 3 heterocycles. The molecule has 1 aromatic heterocycles. The Morgan fingerprint density at radius 2 is 1.83 bits per heavy atom. The van der Waals surface area contributed by atoms with E-state index in [0.29, 0.717) is 11.3 Å². The van der Waals surface area contributed by atoms with E-state index in [0.717, 1.165) is 4.90 Å². The monoisotopic (exact) mass is 320 g/mol. The molecule has 1 N–H and O–H groups in total. The lowest BCUT2D eigenvalue weighted by atomic mass is 9.93. The molecule has 2 aliphatic heterocycles. The number of fused-ring (bicyclic) bond motifs is 1. The normalized spacial score (nSPS) is 22.2. The van der Waals surface area contributed by atoms with E-state index in [9.17, 15) is 14.4 Å². The van der Waals surface area contributed by atoms with Gasteiger partial charge in [-0.2, -0.15) is 5.10 Å². The number of nitrogens with one attached hydrogen (secondary N) is 1. The average molecular weight is 320 g/mol. The van der Waals surface area contributed by atoms with E-state index >= 15 is 0 Å². The van der Waals surface area contributed by atoms with Crippen LogP contribution in [0.25, 0.3) is 0 Å². The number of pyridine rings is 1. The number of para-hydroxylation sites is 1. The predicted octanol–water partition coefficient (Wildman–Crippen LogP) is 0.782. The van der Waals surface area contributed by atoms with Crippen LogP contribution in [0.15, 0.2) is 60.0 Å². The van der Waals surface area contributed by atoms with Gasteiger partial charge in [-0.25, -0.2) is 4.90 Å². The SMILES string of the molecule is O=C(C1=NN[C@@H]2C(=O)N(c3ccccc3)C(=O)[C@H]12)c1cccnc1.